The van der Waals surface area contributed by atoms with Gasteiger partial charge >= 0.3 is 0 Å². The molecule has 0 aliphatic carbocycles. The minimum absolute atomic E-state index is 0.0412. The number of nitrogens with zero attached hydrogens (tertiary/aromatic N) is 2. The summed E-state index contributed by atoms with van der Waals surface area (Å²) < 4.78 is 1.83. The van der Waals surface area contributed by atoms with E-state index in [1.165, 1.54) is 0 Å². The lowest BCUT2D eigenvalue weighted by molar-refractivity contribution is 0.102. The second kappa shape index (κ2) is 4.35. The van der Waals surface area contributed by atoms with Crippen LogP contribution in [0.3, 0.4) is 0 Å². The zero-order chi connectivity index (χ0) is 13.4. The van der Waals surface area contributed by atoms with Crippen LogP contribution in [0.4, 0.5) is 0 Å². The summed E-state index contributed by atoms with van der Waals surface area (Å²) in [4.78, 5) is 12.0. The maximum Gasteiger partial charge on any atom is 0.164 e. The molecule has 0 spiro atoms. The number of pyridine rings is 1. The lowest BCUT2D eigenvalue weighted by Gasteiger charge is -1.99. The lowest BCUT2D eigenvalue weighted by Crippen LogP contribution is -1.94. The van der Waals surface area contributed by atoms with Crippen molar-refractivity contribution < 1.29 is 4.79 Å². The summed E-state index contributed by atoms with van der Waals surface area (Å²) in [5, 5.41) is 4.60. The molecule has 0 aliphatic rings. The molecule has 3 heteroatoms. The van der Waals surface area contributed by atoms with E-state index in [2.05, 4.69) is 5.10 Å². The van der Waals surface area contributed by atoms with Gasteiger partial charge < -0.3 is 0 Å². The summed E-state index contributed by atoms with van der Waals surface area (Å²) in [6.07, 6.45) is 0. The molecule has 1 aromatic carbocycles. The van der Waals surface area contributed by atoms with Crippen molar-refractivity contribution in [3.63, 3.8) is 0 Å². The van der Waals surface area contributed by atoms with Crippen molar-refractivity contribution in [1.82, 2.24) is 9.61 Å². The summed E-state index contributed by atoms with van der Waals surface area (Å²) >= 11 is 0. The molecular weight excluding hydrogens is 236 g/mol. The van der Waals surface area contributed by atoms with Crippen molar-refractivity contribution in [3.05, 3.63) is 59.8 Å². The van der Waals surface area contributed by atoms with E-state index in [0.717, 1.165) is 22.5 Å². The van der Waals surface area contributed by atoms with Crippen LogP contribution in [0.25, 0.3) is 16.8 Å². The van der Waals surface area contributed by atoms with Crippen LogP contribution in [0.1, 0.15) is 23.0 Å². The number of carbonyl (C=O) groups is 1. The Kier molecular flexibility index (Phi) is 2.67. The van der Waals surface area contributed by atoms with E-state index in [0.29, 0.717) is 5.56 Å². The first kappa shape index (κ1) is 11.7. The van der Waals surface area contributed by atoms with Gasteiger partial charge in [-0.1, -0.05) is 36.4 Å². The lowest BCUT2D eigenvalue weighted by atomic mass is 10.0. The van der Waals surface area contributed by atoms with Gasteiger partial charge in [0.15, 0.2) is 5.78 Å². The van der Waals surface area contributed by atoms with Crippen LogP contribution < -0.4 is 0 Å². The zero-order valence-corrected chi connectivity index (χ0v) is 10.9. The molecule has 0 bridgehead atoms. The molecule has 0 radical (unpaired) electrons. The first-order chi connectivity index (χ1) is 9.18. The van der Waals surface area contributed by atoms with Gasteiger partial charge in [-0.3, -0.25) is 4.79 Å². The Hall–Kier alpha value is -2.42. The predicted octanol–water partition coefficient (Wildman–Crippen LogP) is 3.51. The third-order valence-electron chi connectivity index (χ3n) is 3.25. The minimum atomic E-state index is 0.0412. The molecule has 3 aromatic rings. The molecule has 0 amide bonds. The summed E-state index contributed by atoms with van der Waals surface area (Å²) in [6, 6.07) is 15.7. The van der Waals surface area contributed by atoms with Gasteiger partial charge in [0.2, 0.25) is 0 Å². The van der Waals surface area contributed by atoms with Crippen molar-refractivity contribution >= 4 is 11.3 Å². The number of aromatic nitrogens is 2. The van der Waals surface area contributed by atoms with E-state index in [1.807, 2.05) is 60.0 Å². The Morgan fingerprint density at radius 1 is 1.05 bits per heavy atom. The highest BCUT2D eigenvalue weighted by Gasteiger charge is 2.18. The first-order valence-corrected chi connectivity index (χ1v) is 6.23. The highest BCUT2D eigenvalue weighted by atomic mass is 16.1. The molecule has 3 rings (SSSR count). The van der Waals surface area contributed by atoms with Crippen molar-refractivity contribution in [2.75, 3.05) is 0 Å². The molecule has 0 fully saturated rings. The van der Waals surface area contributed by atoms with Crippen LogP contribution in [-0.2, 0) is 0 Å². The molecule has 2 heterocycles. The van der Waals surface area contributed by atoms with E-state index in [-0.39, 0.29) is 5.78 Å². The second-order valence-electron chi connectivity index (χ2n) is 4.61. The second-order valence-corrected chi connectivity index (χ2v) is 4.61. The number of carbonyl (C=O) groups excluding carboxylic acids is 1. The number of hydrogen-bond acceptors (Lipinski definition) is 2. The van der Waals surface area contributed by atoms with E-state index in [4.69, 9.17) is 0 Å². The summed E-state index contributed by atoms with van der Waals surface area (Å²) in [5.74, 6) is 0.0412. The van der Waals surface area contributed by atoms with Crippen LogP contribution in [0.15, 0.2) is 48.5 Å². The Bertz CT molecular complexity index is 757. The number of benzene rings is 1. The monoisotopic (exact) mass is 250 g/mol. The van der Waals surface area contributed by atoms with Gasteiger partial charge in [0.1, 0.15) is 5.69 Å². The number of aryl methyl sites for hydroxylation is 1. The van der Waals surface area contributed by atoms with Gasteiger partial charge in [-0.2, -0.15) is 5.10 Å². The number of hydrogen-bond donors (Lipinski definition) is 0. The third kappa shape index (κ3) is 1.83. The van der Waals surface area contributed by atoms with Crippen molar-refractivity contribution in [2.24, 2.45) is 0 Å². The molecule has 0 unspecified atom stereocenters. The van der Waals surface area contributed by atoms with Gasteiger partial charge in [-0.25, -0.2) is 4.52 Å². The van der Waals surface area contributed by atoms with E-state index in [1.54, 1.807) is 6.92 Å². The fraction of sp³-hybridized carbons (Fsp3) is 0.125. The number of ketones is 1. The van der Waals surface area contributed by atoms with E-state index >= 15 is 0 Å². The van der Waals surface area contributed by atoms with Crippen LogP contribution in [-0.4, -0.2) is 15.4 Å². The zero-order valence-electron chi connectivity index (χ0n) is 10.9. The third-order valence-corrected chi connectivity index (χ3v) is 3.25. The highest BCUT2D eigenvalue weighted by molar-refractivity contribution is 6.06. The largest absolute Gasteiger partial charge is 0.294 e. The van der Waals surface area contributed by atoms with Crippen LogP contribution in [0.5, 0.6) is 0 Å². The van der Waals surface area contributed by atoms with Crippen LogP contribution >= 0.6 is 0 Å². The molecule has 0 saturated heterocycles. The fourth-order valence-electron chi connectivity index (χ4n) is 2.35. The number of rotatable bonds is 2. The van der Waals surface area contributed by atoms with Gasteiger partial charge in [-0.05, 0) is 26.0 Å². The van der Waals surface area contributed by atoms with Crippen molar-refractivity contribution in [2.45, 2.75) is 13.8 Å². The average Bonchev–Trinajstić information content (AvgIpc) is 2.81. The predicted molar refractivity (Wildman–Crippen MR) is 75.4 cm³/mol. The molecule has 0 N–H and O–H groups in total. The highest BCUT2D eigenvalue weighted by Crippen LogP contribution is 2.27. The number of fused-ring (bicyclic) bond motifs is 1. The molecule has 2 aromatic heterocycles. The Balaban J connectivity index is 2.39. The Morgan fingerprint density at radius 3 is 2.47 bits per heavy atom. The van der Waals surface area contributed by atoms with Crippen LogP contribution in [0, 0.1) is 6.92 Å². The molecule has 0 aliphatic heterocycles. The fourth-order valence-corrected chi connectivity index (χ4v) is 2.35. The van der Waals surface area contributed by atoms with Gasteiger partial charge in [-0.15, -0.1) is 0 Å². The molecule has 94 valence electrons. The first-order valence-electron chi connectivity index (χ1n) is 6.23. The van der Waals surface area contributed by atoms with Gasteiger partial charge in [0.25, 0.3) is 0 Å². The molecular formula is C16H14N2O. The molecule has 3 nitrogen and oxygen atoms in total. The summed E-state index contributed by atoms with van der Waals surface area (Å²) in [6.45, 7) is 3.57. The molecule has 0 saturated carbocycles. The van der Waals surface area contributed by atoms with Crippen molar-refractivity contribution in [1.29, 1.82) is 0 Å². The SMILES string of the molecule is CC(=O)c1c(-c2ccccc2)nn2c(C)cccc12. The Labute approximate surface area is 111 Å². The summed E-state index contributed by atoms with van der Waals surface area (Å²) in [5.41, 5.74) is 4.29. The maximum absolute atomic E-state index is 12.0. The van der Waals surface area contributed by atoms with Gasteiger partial charge in [0.05, 0.1) is 11.1 Å². The van der Waals surface area contributed by atoms with E-state index < -0.39 is 0 Å². The smallest absolute Gasteiger partial charge is 0.164 e. The topological polar surface area (TPSA) is 34.4 Å². The molecule has 0 atom stereocenters. The van der Waals surface area contributed by atoms with E-state index in [9.17, 15) is 4.79 Å². The maximum atomic E-state index is 12.0. The van der Waals surface area contributed by atoms with Crippen LogP contribution in [0.2, 0.25) is 0 Å². The summed E-state index contributed by atoms with van der Waals surface area (Å²) in [7, 11) is 0. The average molecular weight is 250 g/mol. The Morgan fingerprint density at radius 2 is 1.79 bits per heavy atom. The van der Waals surface area contributed by atoms with Gasteiger partial charge in [0, 0.05) is 11.3 Å². The molecule has 19 heavy (non-hydrogen) atoms. The quantitative estimate of drug-likeness (QED) is 0.652. The standard InChI is InChI=1S/C16H14N2O/c1-11-7-6-10-14-15(12(2)19)16(17-18(11)14)13-8-4-3-5-9-13/h3-10H,1-2H3. The number of Topliss-reactive ketones (excluding diaryl/α,β-unsaturated/α-hetero) is 1. The van der Waals surface area contributed by atoms with Crippen molar-refractivity contribution in [3.8, 4) is 11.3 Å². The minimum Gasteiger partial charge on any atom is -0.294 e. The normalized spacial score (nSPS) is 10.8.